The number of para-hydroxylation sites is 1. The third kappa shape index (κ3) is 4.56. The minimum Gasteiger partial charge on any atom is -0.450 e. The Morgan fingerprint density at radius 3 is 2.74 bits per heavy atom. The van der Waals surface area contributed by atoms with Crippen LogP contribution in [-0.2, 0) is 6.42 Å². The lowest BCUT2D eigenvalue weighted by Gasteiger charge is -2.30. The standard InChI is InChI=1S/C32H20N4O4S3/c37-30-26(17-21-13-15-27(40-21)43-32-33-24-10-3-4-11-25(24)42-32)41-31-34-28-22-9-2-1-6-18(22)12-14-23(28)29(35(30)31)19-7-5-8-20(16-19)36(38)39/h1-11,13,15-17,29H,12,14H2/b26-17-/t29-/m1/s1. The highest BCUT2D eigenvalue weighted by Gasteiger charge is 2.33. The van der Waals surface area contributed by atoms with Crippen LogP contribution in [0, 0.1) is 10.1 Å². The number of nitrogens with zero attached hydrogens (tertiary/aromatic N) is 4. The minimum atomic E-state index is -0.497. The second-order valence-electron chi connectivity index (χ2n) is 10.2. The first-order chi connectivity index (χ1) is 21.0. The molecule has 0 saturated heterocycles. The molecule has 8 rings (SSSR count). The Morgan fingerprint density at radius 2 is 1.86 bits per heavy atom. The number of nitro groups is 1. The number of allylic oxidation sites excluding steroid dienone is 1. The fourth-order valence-corrected chi connectivity index (χ4v) is 8.66. The number of furan rings is 1. The number of hydrogen-bond donors (Lipinski definition) is 0. The van der Waals surface area contributed by atoms with Crippen molar-refractivity contribution in [3.63, 3.8) is 0 Å². The molecule has 3 aromatic carbocycles. The third-order valence-corrected chi connectivity index (χ3v) is 10.6. The van der Waals surface area contributed by atoms with Crippen molar-refractivity contribution in [2.75, 3.05) is 0 Å². The first kappa shape index (κ1) is 26.1. The van der Waals surface area contributed by atoms with Crippen molar-refractivity contribution < 1.29 is 9.34 Å². The van der Waals surface area contributed by atoms with Gasteiger partial charge < -0.3 is 4.42 Å². The van der Waals surface area contributed by atoms with E-state index in [1.54, 1.807) is 34.1 Å². The van der Waals surface area contributed by atoms with E-state index in [9.17, 15) is 14.9 Å². The first-order valence-corrected chi connectivity index (χ1v) is 16.0. The molecule has 11 heteroatoms. The summed E-state index contributed by atoms with van der Waals surface area (Å²) in [7, 11) is 0. The van der Waals surface area contributed by atoms with Gasteiger partial charge in [-0.2, -0.15) is 0 Å². The number of aromatic nitrogens is 2. The largest absolute Gasteiger partial charge is 0.450 e. The molecule has 4 heterocycles. The zero-order valence-corrected chi connectivity index (χ0v) is 24.7. The molecular weight excluding hydrogens is 601 g/mol. The van der Waals surface area contributed by atoms with Crippen LogP contribution < -0.4 is 14.9 Å². The average Bonchev–Trinajstić information content (AvgIpc) is 3.73. The topological polar surface area (TPSA) is 104 Å². The van der Waals surface area contributed by atoms with Gasteiger partial charge in [0.2, 0.25) is 0 Å². The second-order valence-corrected chi connectivity index (χ2v) is 13.5. The van der Waals surface area contributed by atoms with Crippen LogP contribution in [0.2, 0.25) is 0 Å². The lowest BCUT2D eigenvalue weighted by atomic mass is 9.83. The summed E-state index contributed by atoms with van der Waals surface area (Å²) in [5, 5.41) is 12.3. The fraction of sp³-hybridized carbons (Fsp3) is 0.0938. The molecule has 1 aliphatic heterocycles. The maximum Gasteiger partial charge on any atom is 0.271 e. The molecule has 43 heavy (non-hydrogen) atoms. The number of fused-ring (bicyclic) bond motifs is 4. The number of thiazole rings is 2. The maximum absolute atomic E-state index is 14.0. The first-order valence-electron chi connectivity index (χ1n) is 13.5. The van der Waals surface area contributed by atoms with Crippen LogP contribution >= 0.6 is 34.4 Å². The lowest BCUT2D eigenvalue weighted by molar-refractivity contribution is -0.384. The number of benzene rings is 3. The zero-order valence-electron chi connectivity index (χ0n) is 22.3. The van der Waals surface area contributed by atoms with Crippen LogP contribution in [0.15, 0.2) is 114 Å². The van der Waals surface area contributed by atoms with Crippen LogP contribution in [0.25, 0.3) is 22.0 Å². The summed E-state index contributed by atoms with van der Waals surface area (Å²) in [5.74, 6) is 0.551. The van der Waals surface area contributed by atoms with Crippen molar-refractivity contribution in [3.05, 3.63) is 143 Å². The van der Waals surface area contributed by atoms with E-state index < -0.39 is 11.0 Å². The highest BCUT2D eigenvalue weighted by molar-refractivity contribution is 8.01. The normalized spacial score (nSPS) is 16.1. The smallest absolute Gasteiger partial charge is 0.271 e. The van der Waals surface area contributed by atoms with Crippen molar-refractivity contribution in [2.45, 2.75) is 28.3 Å². The Hall–Kier alpha value is -4.58. The Labute approximate surface area is 256 Å². The summed E-state index contributed by atoms with van der Waals surface area (Å²) in [5.41, 5.74) is 5.51. The molecule has 0 unspecified atom stereocenters. The van der Waals surface area contributed by atoms with Gasteiger partial charge in [-0.25, -0.2) is 9.98 Å². The Kier molecular flexibility index (Phi) is 6.25. The summed E-state index contributed by atoms with van der Waals surface area (Å²) in [6.07, 6.45) is 3.26. The molecule has 0 N–H and O–H groups in total. The predicted molar refractivity (Wildman–Crippen MR) is 168 cm³/mol. The van der Waals surface area contributed by atoms with Crippen molar-refractivity contribution >= 4 is 62.1 Å². The number of hydrogen-bond acceptors (Lipinski definition) is 9. The lowest BCUT2D eigenvalue weighted by Crippen LogP contribution is -2.38. The molecule has 0 saturated carbocycles. The van der Waals surface area contributed by atoms with Gasteiger partial charge in [-0.1, -0.05) is 59.9 Å². The molecule has 0 bridgehead atoms. The van der Waals surface area contributed by atoms with Gasteiger partial charge in [-0.05, 0) is 65.6 Å². The Bertz CT molecular complexity index is 2280. The van der Waals surface area contributed by atoms with E-state index in [1.165, 1.54) is 34.7 Å². The van der Waals surface area contributed by atoms with E-state index in [2.05, 4.69) is 17.1 Å². The Morgan fingerprint density at radius 1 is 1.00 bits per heavy atom. The molecule has 0 radical (unpaired) electrons. The monoisotopic (exact) mass is 620 g/mol. The zero-order chi connectivity index (χ0) is 29.1. The van der Waals surface area contributed by atoms with Gasteiger partial charge in [0.05, 0.1) is 31.4 Å². The summed E-state index contributed by atoms with van der Waals surface area (Å²) in [6, 6.07) is 25.9. The van der Waals surface area contributed by atoms with Crippen molar-refractivity contribution in [1.29, 1.82) is 0 Å². The summed E-state index contributed by atoms with van der Waals surface area (Å²) < 4.78 is 10.2. The van der Waals surface area contributed by atoms with Gasteiger partial charge in [0.15, 0.2) is 14.2 Å². The van der Waals surface area contributed by atoms with Gasteiger partial charge in [-0.3, -0.25) is 19.5 Å². The van der Waals surface area contributed by atoms with Gasteiger partial charge in [-0.15, -0.1) is 11.3 Å². The quantitative estimate of drug-likeness (QED) is 0.159. The number of nitro benzene ring substituents is 1. The molecular formula is C32H20N4O4S3. The molecule has 0 fully saturated rings. The summed E-state index contributed by atoms with van der Waals surface area (Å²) in [4.78, 5) is 35.5. The van der Waals surface area contributed by atoms with Crippen LogP contribution in [0.3, 0.4) is 0 Å². The van der Waals surface area contributed by atoms with E-state index in [-0.39, 0.29) is 11.2 Å². The van der Waals surface area contributed by atoms with Crippen LogP contribution in [-0.4, -0.2) is 14.5 Å². The summed E-state index contributed by atoms with van der Waals surface area (Å²) in [6.45, 7) is 0. The van der Waals surface area contributed by atoms with Gasteiger partial charge in [0.25, 0.3) is 11.2 Å². The van der Waals surface area contributed by atoms with E-state index >= 15 is 0 Å². The Balaban J connectivity index is 1.23. The molecule has 210 valence electrons. The molecule has 2 aliphatic rings. The van der Waals surface area contributed by atoms with E-state index in [4.69, 9.17) is 9.41 Å². The van der Waals surface area contributed by atoms with E-state index in [1.807, 2.05) is 54.6 Å². The molecule has 1 atom stereocenters. The highest BCUT2D eigenvalue weighted by Crippen LogP contribution is 2.42. The van der Waals surface area contributed by atoms with Crippen LogP contribution in [0.5, 0.6) is 0 Å². The summed E-state index contributed by atoms with van der Waals surface area (Å²) >= 11 is 4.34. The molecule has 3 aromatic heterocycles. The highest BCUT2D eigenvalue weighted by atomic mass is 32.2. The number of aryl methyl sites for hydroxylation is 1. The molecule has 0 amide bonds. The number of rotatable bonds is 5. The number of non-ortho nitro benzene ring substituents is 1. The molecule has 0 spiro atoms. The van der Waals surface area contributed by atoms with Crippen molar-refractivity contribution in [3.8, 4) is 0 Å². The van der Waals surface area contributed by atoms with E-state index in [0.717, 1.165) is 37.8 Å². The average molecular weight is 621 g/mol. The molecule has 8 nitrogen and oxygen atoms in total. The maximum atomic E-state index is 14.0. The molecule has 6 aromatic rings. The van der Waals surface area contributed by atoms with Crippen molar-refractivity contribution in [2.24, 2.45) is 4.99 Å². The fourth-order valence-electron chi connectivity index (χ4n) is 5.71. The van der Waals surface area contributed by atoms with Gasteiger partial charge in [0, 0.05) is 23.8 Å². The predicted octanol–water partition coefficient (Wildman–Crippen LogP) is 6.58. The third-order valence-electron chi connectivity index (χ3n) is 7.61. The van der Waals surface area contributed by atoms with Crippen LogP contribution in [0.1, 0.15) is 34.9 Å². The van der Waals surface area contributed by atoms with Crippen molar-refractivity contribution in [1.82, 2.24) is 9.55 Å². The minimum absolute atomic E-state index is 0.0104. The second kappa shape index (κ2) is 10.3. The van der Waals surface area contributed by atoms with Crippen LogP contribution in [0.4, 0.5) is 5.69 Å². The van der Waals surface area contributed by atoms with E-state index in [0.29, 0.717) is 32.2 Å². The van der Waals surface area contributed by atoms with Gasteiger partial charge in [0.1, 0.15) is 5.76 Å². The SMILES string of the molecule is O=c1/c(=C/c2ccc(Sc3nc4ccccc4s3)o2)sc2n1[C@H](c1cccc([N+](=O)[O-])c1)C1=C(N=2)c2ccccc2CC1. The van der Waals surface area contributed by atoms with Gasteiger partial charge >= 0.3 is 0 Å². The molecule has 1 aliphatic carbocycles.